The van der Waals surface area contributed by atoms with Crippen LogP contribution in [-0.4, -0.2) is 53.9 Å². The quantitative estimate of drug-likeness (QED) is 0.213. The first-order chi connectivity index (χ1) is 17.4. The molecule has 198 valence electrons. The van der Waals surface area contributed by atoms with Crippen LogP contribution in [0.4, 0.5) is 5.69 Å². The van der Waals surface area contributed by atoms with Crippen molar-refractivity contribution in [2.45, 2.75) is 78.1 Å². The minimum Gasteiger partial charge on any atom is -0.460 e. The number of hydrogen-bond acceptors (Lipinski definition) is 7. The molecule has 1 atom stereocenters. The van der Waals surface area contributed by atoms with Gasteiger partial charge in [0, 0.05) is 45.0 Å². The summed E-state index contributed by atoms with van der Waals surface area (Å²) in [5.41, 5.74) is 2.70. The fourth-order valence-corrected chi connectivity index (χ4v) is 5.70. The van der Waals surface area contributed by atoms with Gasteiger partial charge in [0.2, 0.25) is 0 Å². The highest BCUT2D eigenvalue weighted by Crippen LogP contribution is 2.37. The molecule has 0 saturated carbocycles. The van der Waals surface area contributed by atoms with Crippen LogP contribution in [0.15, 0.2) is 24.5 Å². The Kier molecular flexibility index (Phi) is 7.90. The molecule has 9 heteroatoms. The molecular weight excluding hydrogens is 482 g/mol. The van der Waals surface area contributed by atoms with Crippen LogP contribution in [0.2, 0.25) is 25.7 Å². The third-order valence-corrected chi connectivity index (χ3v) is 8.38. The maximum atomic E-state index is 12.5. The van der Waals surface area contributed by atoms with E-state index in [9.17, 15) is 10.1 Å². The molecule has 37 heavy (non-hydrogen) atoms. The molecule has 0 N–H and O–H groups in total. The van der Waals surface area contributed by atoms with Crippen LogP contribution in [0.5, 0.6) is 0 Å². The van der Waals surface area contributed by atoms with E-state index in [0.717, 1.165) is 59.6 Å². The lowest BCUT2D eigenvalue weighted by atomic mass is 9.94. The number of nitrogens with zero attached hydrogens (tertiary/aromatic N) is 5. The standard InChI is InChI=1S/C28H39N5O3Si/c1-28(2,3)36-25(34)14-20-8-7-11-32(18-20)23-9-10-30-27-26(23)22-15-21(16-29)31-17-24(22)33(27)19-35-12-13-37(4,5)6/h9-10,15,17,20H,7-8,11-14,18-19H2,1-6H3/t20-/m1/s1. The van der Waals surface area contributed by atoms with E-state index in [2.05, 4.69) is 40.2 Å². The number of carbonyl (C=O) groups is 1. The van der Waals surface area contributed by atoms with Crippen molar-refractivity contribution < 1.29 is 14.3 Å². The maximum absolute atomic E-state index is 12.5. The Morgan fingerprint density at radius 1 is 1.27 bits per heavy atom. The molecule has 0 amide bonds. The van der Waals surface area contributed by atoms with E-state index in [1.54, 1.807) is 6.20 Å². The molecular formula is C28H39N5O3Si. The summed E-state index contributed by atoms with van der Waals surface area (Å²) >= 11 is 0. The zero-order valence-electron chi connectivity index (χ0n) is 23.0. The number of rotatable bonds is 8. The van der Waals surface area contributed by atoms with Gasteiger partial charge in [-0.2, -0.15) is 5.26 Å². The fraction of sp³-hybridized carbons (Fsp3) is 0.571. The lowest BCUT2D eigenvalue weighted by Gasteiger charge is -2.35. The monoisotopic (exact) mass is 521 g/mol. The van der Waals surface area contributed by atoms with Gasteiger partial charge < -0.3 is 14.4 Å². The number of esters is 1. The van der Waals surface area contributed by atoms with Crippen LogP contribution in [0.3, 0.4) is 0 Å². The molecule has 3 aromatic rings. The van der Waals surface area contributed by atoms with Gasteiger partial charge in [0.25, 0.3) is 0 Å². The number of anilines is 1. The van der Waals surface area contributed by atoms with Gasteiger partial charge in [0.15, 0.2) is 0 Å². The van der Waals surface area contributed by atoms with Crippen molar-refractivity contribution in [3.63, 3.8) is 0 Å². The number of piperidine rings is 1. The molecule has 0 spiro atoms. The van der Waals surface area contributed by atoms with E-state index >= 15 is 0 Å². The van der Waals surface area contributed by atoms with Gasteiger partial charge in [0.05, 0.1) is 23.5 Å². The van der Waals surface area contributed by atoms with E-state index in [4.69, 9.17) is 14.5 Å². The first-order valence-corrected chi connectivity index (χ1v) is 16.9. The zero-order valence-corrected chi connectivity index (χ0v) is 24.0. The highest BCUT2D eigenvalue weighted by Gasteiger charge is 2.27. The average molecular weight is 522 g/mol. The topological polar surface area (TPSA) is 93.3 Å². The van der Waals surface area contributed by atoms with Gasteiger partial charge in [0.1, 0.15) is 29.7 Å². The van der Waals surface area contributed by atoms with E-state index in [-0.39, 0.29) is 11.9 Å². The van der Waals surface area contributed by atoms with Crippen molar-refractivity contribution in [2.24, 2.45) is 5.92 Å². The highest BCUT2D eigenvalue weighted by atomic mass is 28.3. The van der Waals surface area contributed by atoms with E-state index in [1.165, 1.54) is 0 Å². The molecule has 0 aromatic carbocycles. The van der Waals surface area contributed by atoms with Crippen LogP contribution in [0.25, 0.3) is 21.9 Å². The molecule has 1 saturated heterocycles. The molecule has 1 aliphatic heterocycles. The summed E-state index contributed by atoms with van der Waals surface area (Å²) in [5, 5.41) is 11.5. The molecule has 0 radical (unpaired) electrons. The molecule has 4 heterocycles. The molecule has 0 bridgehead atoms. The number of pyridine rings is 2. The summed E-state index contributed by atoms with van der Waals surface area (Å²) in [4.78, 5) is 24.0. The van der Waals surface area contributed by atoms with Crippen LogP contribution in [0, 0.1) is 17.2 Å². The molecule has 0 unspecified atom stereocenters. The Bertz CT molecular complexity index is 1320. The SMILES string of the molecule is CC(C)(C)OC(=O)C[C@H]1CCCN(c2ccnc3c2c2cc(C#N)ncc2n3COCC[Si](C)(C)C)C1. The van der Waals surface area contributed by atoms with E-state index in [1.807, 2.05) is 39.1 Å². The molecule has 4 rings (SSSR count). The van der Waals surface area contributed by atoms with E-state index in [0.29, 0.717) is 25.5 Å². The zero-order chi connectivity index (χ0) is 26.8. The lowest BCUT2D eigenvalue weighted by molar-refractivity contribution is -0.156. The second kappa shape index (κ2) is 10.8. The number of aromatic nitrogens is 3. The predicted octanol–water partition coefficient (Wildman–Crippen LogP) is 5.72. The van der Waals surface area contributed by atoms with Crippen LogP contribution >= 0.6 is 0 Å². The molecule has 1 fully saturated rings. The Labute approximate surface area is 220 Å². The van der Waals surface area contributed by atoms with Gasteiger partial charge in [-0.05, 0) is 57.7 Å². The first-order valence-electron chi connectivity index (χ1n) is 13.2. The van der Waals surface area contributed by atoms with Crippen molar-refractivity contribution in [1.82, 2.24) is 14.5 Å². The largest absolute Gasteiger partial charge is 0.460 e. The Balaban J connectivity index is 1.66. The van der Waals surface area contributed by atoms with Crippen LogP contribution in [0.1, 0.15) is 45.7 Å². The van der Waals surface area contributed by atoms with Crippen molar-refractivity contribution in [3.05, 3.63) is 30.2 Å². The second-order valence-corrected chi connectivity index (χ2v) is 17.9. The van der Waals surface area contributed by atoms with Crippen LogP contribution < -0.4 is 4.90 Å². The summed E-state index contributed by atoms with van der Waals surface area (Å²) in [6.07, 6.45) is 6.00. The van der Waals surface area contributed by atoms with Crippen molar-refractivity contribution in [2.75, 3.05) is 24.6 Å². The summed E-state index contributed by atoms with van der Waals surface area (Å²) in [7, 11) is -1.20. The van der Waals surface area contributed by atoms with Gasteiger partial charge in [-0.1, -0.05) is 19.6 Å². The summed E-state index contributed by atoms with van der Waals surface area (Å²) < 4.78 is 13.8. The third kappa shape index (κ3) is 6.68. The Morgan fingerprint density at radius 2 is 2.05 bits per heavy atom. The minimum atomic E-state index is -1.20. The number of nitriles is 1. The number of ether oxygens (including phenoxy) is 2. The molecule has 3 aromatic heterocycles. The fourth-order valence-electron chi connectivity index (χ4n) is 4.94. The normalized spacial score (nSPS) is 16.8. The van der Waals surface area contributed by atoms with Crippen molar-refractivity contribution in [3.8, 4) is 6.07 Å². The van der Waals surface area contributed by atoms with Crippen molar-refractivity contribution in [1.29, 1.82) is 5.26 Å². The molecule has 8 nitrogen and oxygen atoms in total. The highest BCUT2D eigenvalue weighted by molar-refractivity contribution is 6.76. The Morgan fingerprint density at radius 3 is 2.76 bits per heavy atom. The van der Waals surface area contributed by atoms with Crippen molar-refractivity contribution >= 4 is 41.7 Å². The Hall–Kier alpha value is -2.96. The maximum Gasteiger partial charge on any atom is 0.306 e. The lowest BCUT2D eigenvalue weighted by Crippen LogP contribution is -2.37. The van der Waals surface area contributed by atoms with Gasteiger partial charge >= 0.3 is 5.97 Å². The predicted molar refractivity (Wildman–Crippen MR) is 149 cm³/mol. The molecule has 1 aliphatic rings. The van der Waals surface area contributed by atoms with Crippen LogP contribution in [-0.2, 0) is 21.0 Å². The third-order valence-electron chi connectivity index (χ3n) is 6.67. The minimum absolute atomic E-state index is 0.143. The summed E-state index contributed by atoms with van der Waals surface area (Å²) in [6, 6.07) is 7.16. The van der Waals surface area contributed by atoms with Gasteiger partial charge in [-0.3, -0.25) is 9.36 Å². The number of carbonyl (C=O) groups excluding carboxylic acids is 1. The molecule has 0 aliphatic carbocycles. The first kappa shape index (κ1) is 27.1. The van der Waals surface area contributed by atoms with Gasteiger partial charge in [-0.15, -0.1) is 0 Å². The average Bonchev–Trinajstić information content (AvgIpc) is 3.13. The van der Waals surface area contributed by atoms with E-state index < -0.39 is 13.7 Å². The smallest absolute Gasteiger partial charge is 0.306 e. The number of fused-ring (bicyclic) bond motifs is 3. The summed E-state index contributed by atoms with van der Waals surface area (Å²) in [5.74, 6) is 0.0810. The number of hydrogen-bond donors (Lipinski definition) is 0. The summed E-state index contributed by atoms with van der Waals surface area (Å²) in [6.45, 7) is 15.5. The van der Waals surface area contributed by atoms with Gasteiger partial charge in [-0.25, -0.2) is 9.97 Å². The second-order valence-electron chi connectivity index (χ2n) is 12.2.